The molecule has 100 valence electrons. The smallest absolute Gasteiger partial charge is 0.355 e. The number of carboxylic acid groups (broad SMARTS) is 1. The third kappa shape index (κ3) is 2.04. The fraction of sp³-hybridized carbons (Fsp3) is 0.250. The molecular formula is C12H13N3O4. The first-order valence-electron chi connectivity index (χ1n) is 5.62. The van der Waals surface area contributed by atoms with Crippen molar-refractivity contribution in [2.24, 2.45) is 11.0 Å². The summed E-state index contributed by atoms with van der Waals surface area (Å²) in [5.74, 6) is -0.635. The van der Waals surface area contributed by atoms with Crippen LogP contribution >= 0.6 is 0 Å². The van der Waals surface area contributed by atoms with Crippen LogP contribution in [-0.4, -0.2) is 29.4 Å². The van der Waals surface area contributed by atoms with Crippen LogP contribution in [0.15, 0.2) is 23.5 Å². The molecule has 0 fully saturated rings. The van der Waals surface area contributed by atoms with E-state index in [1.165, 1.54) is 7.11 Å². The molecule has 3 N–H and O–H groups in total. The number of nitrogens with zero attached hydrogens (tertiary/aromatic N) is 2. The van der Waals surface area contributed by atoms with Crippen LogP contribution in [0.25, 0.3) is 10.9 Å². The number of methoxy groups -OCH3 is 1. The number of carboxylic acids is 1. The molecule has 2 aromatic rings. The number of ether oxygens (including phenoxy) is 1. The highest BCUT2D eigenvalue weighted by Gasteiger charge is 2.23. The lowest BCUT2D eigenvalue weighted by atomic mass is 10.1. The summed E-state index contributed by atoms with van der Waals surface area (Å²) in [5, 5.41) is 12.6. The van der Waals surface area contributed by atoms with Crippen molar-refractivity contribution in [3.8, 4) is 5.75 Å². The lowest BCUT2D eigenvalue weighted by Crippen LogP contribution is -2.10. The van der Waals surface area contributed by atoms with E-state index in [1.54, 1.807) is 18.2 Å². The van der Waals surface area contributed by atoms with Crippen molar-refractivity contribution in [1.82, 2.24) is 4.68 Å². The Morgan fingerprint density at radius 3 is 2.79 bits per heavy atom. The molecule has 1 aromatic heterocycles. The number of benzene rings is 1. The quantitative estimate of drug-likeness (QED) is 0.792. The molecule has 0 saturated heterocycles. The van der Waals surface area contributed by atoms with E-state index in [1.807, 2.05) is 0 Å². The van der Waals surface area contributed by atoms with Crippen LogP contribution in [0, 0.1) is 4.91 Å². The normalized spacial score (nSPS) is 10.6. The number of fused-ring (bicyclic) bond motifs is 1. The monoisotopic (exact) mass is 263 g/mol. The Morgan fingerprint density at radius 1 is 1.53 bits per heavy atom. The maximum Gasteiger partial charge on any atom is 0.355 e. The second-order valence-corrected chi connectivity index (χ2v) is 3.95. The number of nitroso groups, excluding NO2 is 1. The molecule has 0 unspecified atom stereocenters. The van der Waals surface area contributed by atoms with Gasteiger partial charge in [0.1, 0.15) is 5.75 Å². The lowest BCUT2D eigenvalue weighted by Gasteiger charge is -2.01. The molecule has 0 radical (unpaired) electrons. The molecule has 0 saturated carbocycles. The first kappa shape index (κ1) is 13.0. The maximum atomic E-state index is 11.3. The molecule has 0 aliphatic rings. The molecule has 1 aromatic carbocycles. The Bertz CT molecular complexity index is 648. The molecular weight excluding hydrogens is 250 g/mol. The van der Waals surface area contributed by atoms with Crippen molar-refractivity contribution in [1.29, 1.82) is 0 Å². The van der Waals surface area contributed by atoms with Crippen LogP contribution in [0.3, 0.4) is 0 Å². The summed E-state index contributed by atoms with van der Waals surface area (Å²) in [5.41, 5.74) is 6.27. The van der Waals surface area contributed by atoms with Crippen LogP contribution < -0.4 is 10.5 Å². The molecule has 19 heavy (non-hydrogen) atoms. The Balaban J connectivity index is 2.85. The van der Waals surface area contributed by atoms with Crippen LogP contribution in [0.4, 0.5) is 0 Å². The molecule has 0 aliphatic heterocycles. The van der Waals surface area contributed by atoms with Gasteiger partial charge in [-0.3, -0.25) is 0 Å². The molecule has 0 amide bonds. The van der Waals surface area contributed by atoms with Crippen molar-refractivity contribution in [3.05, 3.63) is 34.4 Å². The summed E-state index contributed by atoms with van der Waals surface area (Å²) in [6, 6.07) is 4.92. The second kappa shape index (κ2) is 5.07. The lowest BCUT2D eigenvalue weighted by molar-refractivity contribution is 0.0685. The molecule has 1 heterocycles. The van der Waals surface area contributed by atoms with Gasteiger partial charge in [0.05, 0.1) is 17.9 Å². The van der Waals surface area contributed by atoms with Crippen molar-refractivity contribution in [3.63, 3.8) is 0 Å². The summed E-state index contributed by atoms with van der Waals surface area (Å²) < 4.78 is 5.98. The number of nitrogens with two attached hydrogens (primary N) is 1. The zero-order chi connectivity index (χ0) is 14.0. The van der Waals surface area contributed by atoms with Gasteiger partial charge in [-0.15, -0.1) is 4.91 Å². The van der Waals surface area contributed by atoms with E-state index in [9.17, 15) is 14.8 Å². The largest absolute Gasteiger partial charge is 0.497 e. The van der Waals surface area contributed by atoms with Crippen molar-refractivity contribution < 1.29 is 14.6 Å². The fourth-order valence-corrected chi connectivity index (χ4v) is 2.15. The number of hydrogen-bond donors (Lipinski definition) is 2. The zero-order valence-electron chi connectivity index (χ0n) is 10.3. The maximum absolute atomic E-state index is 11.3. The van der Waals surface area contributed by atoms with Gasteiger partial charge in [-0.2, -0.15) is 4.68 Å². The van der Waals surface area contributed by atoms with E-state index in [4.69, 9.17) is 10.5 Å². The van der Waals surface area contributed by atoms with Gasteiger partial charge < -0.3 is 15.6 Å². The highest BCUT2D eigenvalue weighted by molar-refractivity contribution is 5.98. The van der Waals surface area contributed by atoms with Crippen molar-refractivity contribution in [2.45, 2.75) is 6.42 Å². The van der Waals surface area contributed by atoms with Crippen LogP contribution in [-0.2, 0) is 6.42 Å². The van der Waals surface area contributed by atoms with Crippen molar-refractivity contribution >= 4 is 16.9 Å². The van der Waals surface area contributed by atoms with Crippen LogP contribution in [0.1, 0.15) is 16.1 Å². The molecule has 0 bridgehead atoms. The summed E-state index contributed by atoms with van der Waals surface area (Å²) in [7, 11) is 1.51. The van der Waals surface area contributed by atoms with Gasteiger partial charge in [0.2, 0.25) is 0 Å². The van der Waals surface area contributed by atoms with E-state index in [-0.39, 0.29) is 12.2 Å². The molecule has 0 aliphatic carbocycles. The van der Waals surface area contributed by atoms with Crippen LogP contribution in [0.5, 0.6) is 5.75 Å². The van der Waals surface area contributed by atoms with E-state index in [0.29, 0.717) is 28.6 Å². The van der Waals surface area contributed by atoms with Gasteiger partial charge in [-0.1, -0.05) is 0 Å². The average Bonchev–Trinajstić information content (AvgIpc) is 2.72. The molecule has 0 spiro atoms. The second-order valence-electron chi connectivity index (χ2n) is 3.95. The standard InChI is InChI=1S/C12H13N3O4/c1-19-7-2-3-10-9(6-7)8(4-5-13)11(12(16)17)15(10)14-18/h2-3,6H,4-5,13H2,1H3,(H,16,17). The van der Waals surface area contributed by atoms with E-state index >= 15 is 0 Å². The fourth-order valence-electron chi connectivity index (χ4n) is 2.15. The Kier molecular flexibility index (Phi) is 3.48. The highest BCUT2D eigenvalue weighted by atomic mass is 16.5. The van der Waals surface area contributed by atoms with Gasteiger partial charge in [0.15, 0.2) is 5.69 Å². The number of carbonyl (C=O) groups is 1. The molecule has 7 nitrogen and oxygen atoms in total. The van der Waals surface area contributed by atoms with Crippen LogP contribution in [0.2, 0.25) is 0 Å². The van der Waals surface area contributed by atoms with E-state index in [2.05, 4.69) is 5.29 Å². The molecule has 2 rings (SSSR count). The predicted octanol–water partition coefficient (Wildman–Crippen LogP) is 1.38. The minimum Gasteiger partial charge on any atom is -0.497 e. The minimum atomic E-state index is -1.21. The first-order chi connectivity index (χ1) is 9.13. The van der Waals surface area contributed by atoms with E-state index in [0.717, 1.165) is 4.68 Å². The summed E-state index contributed by atoms with van der Waals surface area (Å²) in [6.45, 7) is 0.273. The highest BCUT2D eigenvalue weighted by Crippen LogP contribution is 2.30. The zero-order valence-corrected chi connectivity index (χ0v) is 10.3. The number of hydrogen-bond acceptors (Lipinski definition) is 5. The third-order valence-electron chi connectivity index (χ3n) is 2.93. The van der Waals surface area contributed by atoms with Gasteiger partial charge in [-0.05, 0) is 36.7 Å². The van der Waals surface area contributed by atoms with E-state index < -0.39 is 5.97 Å². The Labute approximate surface area is 108 Å². The summed E-state index contributed by atoms with van der Waals surface area (Å²) in [4.78, 5) is 22.2. The topological polar surface area (TPSA) is 107 Å². The molecule has 0 atom stereocenters. The first-order valence-corrected chi connectivity index (χ1v) is 5.62. The van der Waals surface area contributed by atoms with Gasteiger partial charge >= 0.3 is 5.97 Å². The molecule has 7 heteroatoms. The number of aromatic nitrogens is 1. The Morgan fingerprint density at radius 2 is 2.26 bits per heavy atom. The van der Waals surface area contributed by atoms with Gasteiger partial charge in [-0.25, -0.2) is 4.79 Å². The SMILES string of the molecule is COc1ccc2c(c1)c(CCN)c(C(=O)O)n2N=O. The summed E-state index contributed by atoms with van der Waals surface area (Å²) in [6.07, 6.45) is 0.341. The van der Waals surface area contributed by atoms with Gasteiger partial charge in [0, 0.05) is 5.39 Å². The third-order valence-corrected chi connectivity index (χ3v) is 2.93. The predicted molar refractivity (Wildman–Crippen MR) is 69.4 cm³/mol. The van der Waals surface area contributed by atoms with Gasteiger partial charge in [0.25, 0.3) is 0 Å². The summed E-state index contributed by atoms with van der Waals surface area (Å²) >= 11 is 0. The number of rotatable bonds is 5. The number of aromatic carboxylic acids is 1. The minimum absolute atomic E-state index is 0.149. The van der Waals surface area contributed by atoms with Crippen molar-refractivity contribution in [2.75, 3.05) is 13.7 Å². The average molecular weight is 263 g/mol. The Hall–Kier alpha value is -2.41.